The van der Waals surface area contributed by atoms with Crippen LogP contribution in [-0.2, 0) is 9.59 Å². The molecule has 4 N–H and O–H groups in total. The van der Waals surface area contributed by atoms with Crippen LogP contribution in [0.2, 0.25) is 0 Å². The number of hydrogen-bond acceptors (Lipinski definition) is 6. The molecule has 11 nitrogen and oxygen atoms in total. The average molecular weight is 553 g/mol. The molecule has 2 heterocycles. The van der Waals surface area contributed by atoms with Crippen LogP contribution in [0, 0.1) is 5.41 Å². The Kier molecular flexibility index (Phi) is 10.5. The van der Waals surface area contributed by atoms with Crippen molar-refractivity contribution in [3.63, 3.8) is 0 Å². The van der Waals surface area contributed by atoms with E-state index in [9.17, 15) is 24.3 Å². The Labute approximate surface area is 235 Å². The maximum absolute atomic E-state index is 13.2. The molecule has 0 aliphatic carbocycles. The summed E-state index contributed by atoms with van der Waals surface area (Å²) in [7, 11) is 0. The number of aromatic nitrogens is 1. The van der Waals surface area contributed by atoms with Crippen LogP contribution in [0.15, 0.2) is 42.7 Å². The van der Waals surface area contributed by atoms with Gasteiger partial charge in [0.05, 0.1) is 23.8 Å². The first-order valence-corrected chi connectivity index (χ1v) is 13.6. The lowest BCUT2D eigenvalue weighted by atomic mass is 9.91. The van der Waals surface area contributed by atoms with Crippen molar-refractivity contribution in [3.05, 3.63) is 53.9 Å². The molecule has 0 bridgehead atoms. The van der Waals surface area contributed by atoms with Crippen LogP contribution in [0.25, 0.3) is 0 Å². The highest BCUT2D eigenvalue weighted by Gasteiger charge is 2.27. The fourth-order valence-electron chi connectivity index (χ4n) is 4.47. The van der Waals surface area contributed by atoms with Crippen LogP contribution in [0.3, 0.4) is 0 Å². The van der Waals surface area contributed by atoms with Gasteiger partial charge in [-0.05, 0) is 41.7 Å². The van der Waals surface area contributed by atoms with Gasteiger partial charge in [0.25, 0.3) is 5.91 Å². The van der Waals surface area contributed by atoms with Gasteiger partial charge in [-0.3, -0.25) is 19.4 Å². The monoisotopic (exact) mass is 552 g/mol. The van der Waals surface area contributed by atoms with E-state index in [0.29, 0.717) is 50.4 Å². The molecule has 1 unspecified atom stereocenters. The smallest absolute Gasteiger partial charge is 0.319 e. The number of rotatable bonds is 10. The van der Waals surface area contributed by atoms with E-state index in [0.717, 1.165) is 12.1 Å². The van der Waals surface area contributed by atoms with Gasteiger partial charge in [0.15, 0.2) is 0 Å². The number of benzene rings is 1. The molecule has 0 saturated carbocycles. The molecule has 1 saturated heterocycles. The second kappa shape index (κ2) is 13.8. The van der Waals surface area contributed by atoms with Crippen molar-refractivity contribution in [1.82, 2.24) is 20.5 Å². The van der Waals surface area contributed by atoms with E-state index in [-0.39, 0.29) is 23.3 Å². The molecule has 2 aromatic rings. The van der Waals surface area contributed by atoms with E-state index in [4.69, 9.17) is 0 Å². The molecule has 0 radical (unpaired) electrons. The molecule has 40 heavy (non-hydrogen) atoms. The van der Waals surface area contributed by atoms with E-state index in [2.05, 4.69) is 25.8 Å². The third-order valence-corrected chi connectivity index (χ3v) is 6.47. The first-order chi connectivity index (χ1) is 19.0. The molecule has 1 fully saturated rings. The van der Waals surface area contributed by atoms with Crippen molar-refractivity contribution in [1.29, 1.82) is 0 Å². The van der Waals surface area contributed by atoms with E-state index in [1.807, 2.05) is 32.6 Å². The quantitative estimate of drug-likeness (QED) is 0.352. The first-order valence-electron chi connectivity index (χ1n) is 13.6. The predicted octanol–water partition coefficient (Wildman–Crippen LogP) is 3.64. The zero-order valence-electron chi connectivity index (χ0n) is 23.7. The van der Waals surface area contributed by atoms with Gasteiger partial charge in [0.1, 0.15) is 0 Å². The summed E-state index contributed by atoms with van der Waals surface area (Å²) in [5.74, 6) is -1.41. The lowest BCUT2D eigenvalue weighted by molar-refractivity contribution is -0.137. The van der Waals surface area contributed by atoms with Crippen molar-refractivity contribution < 1.29 is 24.3 Å². The maximum Gasteiger partial charge on any atom is 0.319 e. The SMILES string of the molecule is CCCNC(=O)Nc1cc(C(=O)NC(CC(=O)O)c2cccnc2)ccc1N1CCN(C(=O)CC(C)(C)C)CC1. The number of carbonyl (C=O) groups excluding carboxylic acids is 3. The minimum absolute atomic E-state index is 0.0892. The van der Waals surface area contributed by atoms with Gasteiger partial charge in [-0.1, -0.05) is 33.8 Å². The summed E-state index contributed by atoms with van der Waals surface area (Å²) >= 11 is 0. The van der Waals surface area contributed by atoms with E-state index in [1.54, 1.807) is 36.5 Å². The molecule has 1 aliphatic heterocycles. The summed E-state index contributed by atoms with van der Waals surface area (Å²) < 4.78 is 0. The second-order valence-corrected chi connectivity index (χ2v) is 11.1. The molecule has 11 heteroatoms. The van der Waals surface area contributed by atoms with Crippen LogP contribution in [0.5, 0.6) is 0 Å². The van der Waals surface area contributed by atoms with Gasteiger partial charge >= 0.3 is 12.0 Å². The largest absolute Gasteiger partial charge is 0.481 e. The first kappa shape index (κ1) is 30.4. The van der Waals surface area contributed by atoms with E-state index in [1.165, 1.54) is 6.20 Å². The molecule has 1 aromatic heterocycles. The van der Waals surface area contributed by atoms with Crippen LogP contribution < -0.4 is 20.9 Å². The maximum atomic E-state index is 13.2. The topological polar surface area (TPSA) is 144 Å². The standard InChI is InChI=1S/C29H40N6O5/c1-5-10-31-28(40)33-23-16-20(27(39)32-22(17-26(37)38)21-7-6-11-30-19-21)8-9-24(23)34-12-14-35(15-13-34)25(36)18-29(2,3)4/h6-9,11,16,19,22H,5,10,12-15,17-18H2,1-4H3,(H,32,39)(H,37,38)(H2,31,33,40). The molecule has 1 aliphatic rings. The van der Waals surface area contributed by atoms with Gasteiger partial charge < -0.3 is 30.9 Å². The molecule has 0 spiro atoms. The highest BCUT2D eigenvalue weighted by Crippen LogP contribution is 2.30. The zero-order valence-corrected chi connectivity index (χ0v) is 23.7. The van der Waals surface area contributed by atoms with E-state index >= 15 is 0 Å². The Morgan fingerprint density at radius 2 is 1.80 bits per heavy atom. The fourth-order valence-corrected chi connectivity index (χ4v) is 4.47. The number of carboxylic acid groups (broad SMARTS) is 1. The number of pyridine rings is 1. The zero-order chi connectivity index (χ0) is 29.3. The molecule has 1 aromatic carbocycles. The third kappa shape index (κ3) is 8.96. The molecular formula is C29H40N6O5. The van der Waals surface area contributed by atoms with Crippen molar-refractivity contribution in [2.45, 2.75) is 53.0 Å². The van der Waals surface area contributed by atoms with Crippen LogP contribution >= 0.6 is 0 Å². The van der Waals surface area contributed by atoms with Crippen molar-refractivity contribution in [2.75, 3.05) is 42.9 Å². The van der Waals surface area contributed by atoms with Crippen molar-refractivity contribution in [2.24, 2.45) is 5.41 Å². The summed E-state index contributed by atoms with van der Waals surface area (Å²) in [6.45, 7) is 10.8. The molecule has 4 amide bonds. The van der Waals surface area contributed by atoms with E-state index < -0.39 is 23.9 Å². The lowest BCUT2D eigenvalue weighted by Crippen LogP contribution is -2.49. The highest BCUT2D eigenvalue weighted by molar-refractivity contribution is 6.00. The van der Waals surface area contributed by atoms with Crippen molar-refractivity contribution >= 4 is 35.2 Å². The Balaban J connectivity index is 1.81. The molecule has 3 rings (SSSR count). The van der Waals surface area contributed by atoms with Crippen LogP contribution in [-0.4, -0.2) is 71.5 Å². The summed E-state index contributed by atoms with van der Waals surface area (Å²) in [4.78, 5) is 58.0. The number of urea groups is 1. The number of hydrogen-bond donors (Lipinski definition) is 4. The molecule has 1 atom stereocenters. The molecular weight excluding hydrogens is 512 g/mol. The van der Waals surface area contributed by atoms with Crippen molar-refractivity contribution in [3.8, 4) is 0 Å². The number of nitrogens with one attached hydrogen (secondary N) is 3. The average Bonchev–Trinajstić information content (AvgIpc) is 2.91. The lowest BCUT2D eigenvalue weighted by Gasteiger charge is -2.38. The predicted molar refractivity (Wildman–Crippen MR) is 153 cm³/mol. The van der Waals surface area contributed by atoms with Gasteiger partial charge in [-0.25, -0.2) is 4.79 Å². The third-order valence-electron chi connectivity index (χ3n) is 6.47. The normalized spacial score (nSPS) is 14.3. The Morgan fingerprint density at radius 3 is 2.40 bits per heavy atom. The highest BCUT2D eigenvalue weighted by atomic mass is 16.4. The summed E-state index contributed by atoms with van der Waals surface area (Å²) in [6, 6.07) is 7.24. The number of piperazine rings is 1. The van der Waals surface area contributed by atoms with Gasteiger partial charge in [-0.15, -0.1) is 0 Å². The van der Waals surface area contributed by atoms with Gasteiger partial charge in [-0.2, -0.15) is 0 Å². The van der Waals surface area contributed by atoms with Crippen LogP contribution in [0.4, 0.5) is 16.2 Å². The second-order valence-electron chi connectivity index (χ2n) is 11.1. The Morgan fingerprint density at radius 1 is 1.07 bits per heavy atom. The Bertz CT molecular complexity index is 1190. The number of amides is 4. The molecule has 216 valence electrons. The number of carboxylic acids is 1. The number of carbonyl (C=O) groups is 4. The minimum atomic E-state index is -1.06. The fraction of sp³-hybridized carbons (Fsp3) is 0.483. The summed E-state index contributed by atoms with van der Waals surface area (Å²) in [5.41, 5.74) is 1.94. The number of aliphatic carboxylic acids is 1. The minimum Gasteiger partial charge on any atom is -0.481 e. The summed E-state index contributed by atoms with van der Waals surface area (Å²) in [6.07, 6.45) is 4.03. The number of anilines is 2. The van der Waals surface area contributed by atoms with Gasteiger partial charge in [0, 0.05) is 57.1 Å². The van der Waals surface area contributed by atoms with Gasteiger partial charge in [0.2, 0.25) is 5.91 Å². The summed E-state index contributed by atoms with van der Waals surface area (Å²) in [5, 5.41) is 17.8. The number of nitrogens with zero attached hydrogens (tertiary/aromatic N) is 3. The van der Waals surface area contributed by atoms with Crippen LogP contribution in [0.1, 0.15) is 68.9 Å². The Hall–Kier alpha value is -4.15.